The summed E-state index contributed by atoms with van der Waals surface area (Å²) in [4.78, 5) is 37.4. The summed E-state index contributed by atoms with van der Waals surface area (Å²) in [6.07, 6.45) is 0. The van der Waals surface area contributed by atoms with Crippen molar-refractivity contribution in [2.45, 2.75) is 13.8 Å². The van der Waals surface area contributed by atoms with Gasteiger partial charge in [-0.2, -0.15) is 0 Å². The maximum Gasteiger partial charge on any atom is 0.283 e. The second-order valence-corrected chi connectivity index (χ2v) is 6.11. The molecule has 0 fully saturated rings. The first-order chi connectivity index (χ1) is 11.9. The molecular formula is C19H15ClN2O3. The van der Waals surface area contributed by atoms with Gasteiger partial charge in [-0.05, 0) is 55.8 Å². The van der Waals surface area contributed by atoms with Crippen molar-refractivity contribution in [1.29, 1.82) is 0 Å². The summed E-state index contributed by atoms with van der Waals surface area (Å²) in [7, 11) is 0. The number of amides is 2. The first-order valence-corrected chi connectivity index (χ1v) is 7.99. The molecular weight excluding hydrogens is 340 g/mol. The third-order valence-electron chi connectivity index (χ3n) is 3.85. The zero-order valence-electron chi connectivity index (χ0n) is 13.7. The zero-order valence-corrected chi connectivity index (χ0v) is 14.4. The highest BCUT2D eigenvalue weighted by Crippen LogP contribution is 2.30. The Kier molecular flexibility index (Phi) is 4.42. The number of ketones is 1. The number of halogens is 1. The highest BCUT2D eigenvalue weighted by Gasteiger charge is 2.38. The Bertz CT molecular complexity index is 917. The quantitative estimate of drug-likeness (QED) is 0.672. The lowest BCUT2D eigenvalue weighted by Gasteiger charge is -2.15. The van der Waals surface area contributed by atoms with Crippen LogP contribution in [0.25, 0.3) is 0 Å². The Balaban J connectivity index is 1.88. The predicted octanol–water partition coefficient (Wildman–Crippen LogP) is 3.63. The third kappa shape index (κ3) is 3.19. The van der Waals surface area contributed by atoms with E-state index >= 15 is 0 Å². The smallest absolute Gasteiger partial charge is 0.283 e. The van der Waals surface area contributed by atoms with Crippen LogP contribution < -0.4 is 10.2 Å². The molecule has 0 aromatic heterocycles. The molecule has 0 aliphatic carbocycles. The Hall–Kier alpha value is -2.92. The molecule has 6 heteroatoms. The van der Waals surface area contributed by atoms with E-state index in [0.717, 1.165) is 10.5 Å². The topological polar surface area (TPSA) is 66.5 Å². The summed E-state index contributed by atoms with van der Waals surface area (Å²) in [5.41, 5.74) is 2.53. The number of rotatable bonds is 4. The normalized spacial score (nSPS) is 14.3. The molecule has 0 spiro atoms. The number of benzene rings is 2. The summed E-state index contributed by atoms with van der Waals surface area (Å²) in [6.45, 7) is 3.35. The van der Waals surface area contributed by atoms with E-state index < -0.39 is 11.8 Å². The van der Waals surface area contributed by atoms with Crippen LogP contribution in [0.4, 0.5) is 11.4 Å². The van der Waals surface area contributed by atoms with Crippen LogP contribution in [-0.4, -0.2) is 17.6 Å². The summed E-state index contributed by atoms with van der Waals surface area (Å²) in [5.74, 6) is -1.14. The largest absolute Gasteiger partial charge is 0.350 e. The van der Waals surface area contributed by atoms with E-state index in [1.165, 1.54) is 6.92 Å². The first-order valence-electron chi connectivity index (χ1n) is 7.61. The minimum atomic E-state index is -0.569. The Morgan fingerprint density at radius 3 is 2.32 bits per heavy atom. The number of nitrogens with zero attached hydrogens (tertiary/aromatic N) is 1. The van der Waals surface area contributed by atoms with E-state index in [0.29, 0.717) is 16.9 Å². The fraction of sp³-hybridized carbons (Fsp3) is 0.105. The van der Waals surface area contributed by atoms with Crippen LogP contribution in [0.2, 0.25) is 0 Å². The molecule has 0 bridgehead atoms. The number of hydrogen-bond acceptors (Lipinski definition) is 4. The number of anilines is 2. The van der Waals surface area contributed by atoms with Gasteiger partial charge in [0.05, 0.1) is 5.69 Å². The van der Waals surface area contributed by atoms with E-state index in [9.17, 15) is 14.4 Å². The van der Waals surface area contributed by atoms with Gasteiger partial charge in [-0.15, -0.1) is 0 Å². The van der Waals surface area contributed by atoms with Crippen molar-refractivity contribution in [3.8, 4) is 0 Å². The minimum absolute atomic E-state index is 0.0174. The SMILES string of the molecule is CC(=O)c1ccc(NC2=C(Cl)C(=O)N(c3cccc(C)c3)C2=O)cc1. The number of aryl methyl sites for hydroxylation is 1. The fourth-order valence-corrected chi connectivity index (χ4v) is 2.76. The average Bonchev–Trinajstić information content (AvgIpc) is 2.79. The van der Waals surface area contributed by atoms with Gasteiger partial charge in [-0.1, -0.05) is 23.7 Å². The van der Waals surface area contributed by atoms with Crippen molar-refractivity contribution < 1.29 is 14.4 Å². The lowest BCUT2D eigenvalue weighted by molar-refractivity contribution is -0.120. The highest BCUT2D eigenvalue weighted by atomic mass is 35.5. The standard InChI is InChI=1S/C19H15ClN2O3/c1-11-4-3-5-15(10-11)22-18(24)16(20)17(19(22)25)21-14-8-6-13(7-9-14)12(2)23/h3-10,21H,1-2H3. The fourth-order valence-electron chi connectivity index (χ4n) is 2.55. The van der Waals surface area contributed by atoms with Crippen molar-refractivity contribution in [3.05, 3.63) is 70.4 Å². The summed E-state index contributed by atoms with van der Waals surface area (Å²) in [6, 6.07) is 13.6. The molecule has 3 rings (SSSR count). The van der Waals surface area contributed by atoms with Gasteiger partial charge in [0.1, 0.15) is 10.7 Å². The van der Waals surface area contributed by atoms with E-state index in [1.807, 2.05) is 13.0 Å². The van der Waals surface area contributed by atoms with Crippen molar-refractivity contribution in [2.24, 2.45) is 0 Å². The van der Waals surface area contributed by atoms with Gasteiger partial charge >= 0.3 is 0 Å². The van der Waals surface area contributed by atoms with Gasteiger partial charge in [-0.25, -0.2) is 4.90 Å². The number of carbonyl (C=O) groups is 3. The van der Waals surface area contributed by atoms with E-state index in [2.05, 4.69) is 5.32 Å². The van der Waals surface area contributed by atoms with Gasteiger partial charge in [0, 0.05) is 11.3 Å². The van der Waals surface area contributed by atoms with Crippen molar-refractivity contribution in [1.82, 2.24) is 0 Å². The van der Waals surface area contributed by atoms with E-state index in [1.54, 1.807) is 42.5 Å². The van der Waals surface area contributed by atoms with Gasteiger partial charge < -0.3 is 5.32 Å². The molecule has 1 heterocycles. The second-order valence-electron chi connectivity index (χ2n) is 5.73. The Morgan fingerprint density at radius 2 is 1.72 bits per heavy atom. The van der Waals surface area contributed by atoms with Crippen LogP contribution in [0.1, 0.15) is 22.8 Å². The monoisotopic (exact) mass is 354 g/mol. The van der Waals surface area contributed by atoms with Gasteiger partial charge in [0.25, 0.3) is 11.8 Å². The van der Waals surface area contributed by atoms with Crippen molar-refractivity contribution in [2.75, 3.05) is 10.2 Å². The van der Waals surface area contributed by atoms with E-state index in [-0.39, 0.29) is 16.5 Å². The lowest BCUT2D eigenvalue weighted by Crippen LogP contribution is -2.32. The number of hydrogen-bond donors (Lipinski definition) is 1. The van der Waals surface area contributed by atoms with Gasteiger partial charge in [0.15, 0.2) is 5.78 Å². The lowest BCUT2D eigenvalue weighted by atomic mass is 10.1. The Labute approximate surface area is 149 Å². The number of Topliss-reactive ketones (excluding diaryl/α,β-unsaturated/α-hetero) is 1. The number of imide groups is 1. The maximum atomic E-state index is 12.7. The van der Waals surface area contributed by atoms with Gasteiger partial charge in [-0.3, -0.25) is 14.4 Å². The first kappa shape index (κ1) is 16.9. The summed E-state index contributed by atoms with van der Waals surface area (Å²) in [5, 5.41) is 2.71. The summed E-state index contributed by atoms with van der Waals surface area (Å²) >= 11 is 6.09. The van der Waals surface area contributed by atoms with Crippen LogP contribution in [-0.2, 0) is 9.59 Å². The minimum Gasteiger partial charge on any atom is -0.350 e. The molecule has 0 atom stereocenters. The molecule has 0 unspecified atom stereocenters. The molecule has 0 saturated carbocycles. The van der Waals surface area contributed by atoms with Crippen LogP contribution >= 0.6 is 11.6 Å². The van der Waals surface area contributed by atoms with Crippen LogP contribution in [0.3, 0.4) is 0 Å². The van der Waals surface area contributed by atoms with Crippen LogP contribution in [0, 0.1) is 6.92 Å². The number of nitrogens with one attached hydrogen (secondary N) is 1. The third-order valence-corrected chi connectivity index (χ3v) is 4.20. The van der Waals surface area contributed by atoms with Crippen molar-refractivity contribution in [3.63, 3.8) is 0 Å². The van der Waals surface area contributed by atoms with E-state index in [4.69, 9.17) is 11.6 Å². The molecule has 2 aromatic rings. The molecule has 25 heavy (non-hydrogen) atoms. The zero-order chi connectivity index (χ0) is 18.1. The summed E-state index contributed by atoms with van der Waals surface area (Å²) < 4.78 is 0. The molecule has 2 amide bonds. The second kappa shape index (κ2) is 6.53. The predicted molar refractivity (Wildman–Crippen MR) is 96.6 cm³/mol. The molecule has 1 aliphatic rings. The molecule has 0 radical (unpaired) electrons. The van der Waals surface area contributed by atoms with Crippen LogP contribution in [0.15, 0.2) is 59.3 Å². The molecule has 1 N–H and O–H groups in total. The van der Waals surface area contributed by atoms with Crippen LogP contribution in [0.5, 0.6) is 0 Å². The molecule has 2 aromatic carbocycles. The highest BCUT2D eigenvalue weighted by molar-refractivity contribution is 6.53. The average molecular weight is 355 g/mol. The van der Waals surface area contributed by atoms with Crippen molar-refractivity contribution >= 4 is 40.6 Å². The maximum absolute atomic E-state index is 12.7. The molecule has 1 aliphatic heterocycles. The molecule has 0 saturated heterocycles. The molecule has 126 valence electrons. The van der Waals surface area contributed by atoms with Gasteiger partial charge in [0.2, 0.25) is 0 Å². The number of carbonyl (C=O) groups excluding carboxylic acids is 3. The molecule has 5 nitrogen and oxygen atoms in total. The Morgan fingerprint density at radius 1 is 1.04 bits per heavy atom.